The van der Waals surface area contributed by atoms with Gasteiger partial charge in [-0.3, -0.25) is 4.99 Å². The van der Waals surface area contributed by atoms with E-state index in [4.69, 9.17) is 16.6 Å². The summed E-state index contributed by atoms with van der Waals surface area (Å²) in [6.45, 7) is 0.667. The first-order chi connectivity index (χ1) is 13.1. The average Bonchev–Trinajstić information content (AvgIpc) is 2.66. The molecule has 5 heteroatoms. The maximum Gasteiger partial charge on any atom is 0.108 e. The van der Waals surface area contributed by atoms with E-state index in [2.05, 4.69) is 60.3 Å². The number of benzene rings is 2. The Hall–Kier alpha value is -1.65. The second-order valence-electron chi connectivity index (χ2n) is 7.73. The number of halogens is 1. The normalized spacial score (nSPS) is 19.6. The van der Waals surface area contributed by atoms with Gasteiger partial charge in [-0.25, -0.2) is 0 Å². The Bertz CT molecular complexity index is 856. The third-order valence-electron chi connectivity index (χ3n) is 5.65. The predicted octanol–water partition coefficient (Wildman–Crippen LogP) is 5.49. The molecule has 0 aromatic heterocycles. The summed E-state index contributed by atoms with van der Waals surface area (Å²) in [6.07, 6.45) is 3.46. The largest absolute Gasteiger partial charge is 0.378 e. The molecular weight excluding hydrogens is 374 g/mol. The van der Waals surface area contributed by atoms with E-state index in [1.165, 1.54) is 41.3 Å². The van der Waals surface area contributed by atoms with Gasteiger partial charge >= 0.3 is 0 Å². The molecule has 0 unspecified atom stereocenters. The topological polar surface area (TPSA) is 27.6 Å². The Kier molecular flexibility index (Phi) is 5.38. The fourth-order valence-electron chi connectivity index (χ4n) is 4.01. The quantitative estimate of drug-likeness (QED) is 0.739. The number of thioether (sulfide) groups is 1. The SMILES string of the molecule is CN(C)c1ccc2c(c1)NC(=NCc1cccc(Cl)c1)C1(CCSCC1)C2. The van der Waals surface area contributed by atoms with Gasteiger partial charge in [0.1, 0.15) is 5.84 Å². The molecule has 4 rings (SSSR count). The minimum absolute atomic E-state index is 0.149. The van der Waals surface area contributed by atoms with Gasteiger partial charge in [-0.2, -0.15) is 11.8 Å². The summed E-state index contributed by atoms with van der Waals surface area (Å²) in [4.78, 5) is 7.21. The van der Waals surface area contributed by atoms with Crippen molar-refractivity contribution in [2.45, 2.75) is 25.8 Å². The third kappa shape index (κ3) is 3.97. The van der Waals surface area contributed by atoms with Crippen LogP contribution in [0.3, 0.4) is 0 Å². The molecule has 2 aromatic carbocycles. The molecule has 1 fully saturated rings. The second kappa shape index (κ2) is 7.76. The molecule has 0 saturated carbocycles. The minimum atomic E-state index is 0.149. The highest BCUT2D eigenvalue weighted by Gasteiger charge is 2.41. The van der Waals surface area contributed by atoms with E-state index >= 15 is 0 Å². The average molecular weight is 400 g/mol. The molecule has 2 aliphatic heterocycles. The number of anilines is 2. The van der Waals surface area contributed by atoms with Crippen LogP contribution in [-0.2, 0) is 13.0 Å². The number of nitrogens with one attached hydrogen (secondary N) is 1. The van der Waals surface area contributed by atoms with Crippen LogP contribution in [0.2, 0.25) is 5.02 Å². The van der Waals surface area contributed by atoms with Crippen LogP contribution in [0.1, 0.15) is 24.0 Å². The van der Waals surface area contributed by atoms with Crippen LogP contribution < -0.4 is 10.2 Å². The second-order valence-corrected chi connectivity index (χ2v) is 9.39. The van der Waals surface area contributed by atoms with Crippen molar-refractivity contribution in [1.29, 1.82) is 0 Å². The van der Waals surface area contributed by atoms with Crippen LogP contribution >= 0.6 is 23.4 Å². The summed E-state index contributed by atoms with van der Waals surface area (Å²) in [6, 6.07) is 14.8. The molecular formula is C22H26ClN3S. The summed E-state index contributed by atoms with van der Waals surface area (Å²) in [5.41, 5.74) is 5.14. The van der Waals surface area contributed by atoms with Gasteiger partial charge in [0.05, 0.1) is 6.54 Å². The van der Waals surface area contributed by atoms with Gasteiger partial charge in [-0.1, -0.05) is 29.8 Å². The summed E-state index contributed by atoms with van der Waals surface area (Å²) in [5.74, 6) is 3.58. The van der Waals surface area contributed by atoms with Crippen molar-refractivity contribution in [2.75, 3.05) is 35.8 Å². The van der Waals surface area contributed by atoms with Crippen molar-refractivity contribution in [2.24, 2.45) is 10.4 Å². The van der Waals surface area contributed by atoms with E-state index in [0.717, 1.165) is 22.8 Å². The molecule has 2 aliphatic rings. The molecule has 0 amide bonds. The first-order valence-corrected chi connectivity index (χ1v) is 11.0. The number of rotatable bonds is 3. The first-order valence-electron chi connectivity index (χ1n) is 9.50. The number of nitrogens with zero attached hydrogens (tertiary/aromatic N) is 2. The summed E-state index contributed by atoms with van der Waals surface area (Å²) < 4.78 is 0. The third-order valence-corrected chi connectivity index (χ3v) is 6.87. The Morgan fingerprint density at radius 3 is 2.70 bits per heavy atom. The molecule has 142 valence electrons. The standard InChI is InChI=1S/C22H26ClN3S/c1-26(2)19-7-6-17-14-22(8-10-27-11-9-22)21(25-20(17)13-19)24-15-16-4-3-5-18(23)12-16/h3-7,12-13H,8-11,14-15H2,1-2H3,(H,24,25). The predicted molar refractivity (Wildman–Crippen MR) is 120 cm³/mol. The zero-order chi connectivity index (χ0) is 18.9. The molecule has 0 bridgehead atoms. The zero-order valence-corrected chi connectivity index (χ0v) is 17.5. The maximum absolute atomic E-state index is 6.15. The fourth-order valence-corrected chi connectivity index (χ4v) is 5.50. The molecule has 2 heterocycles. The lowest BCUT2D eigenvalue weighted by Gasteiger charge is -2.42. The van der Waals surface area contributed by atoms with Gasteiger partial charge in [0.25, 0.3) is 0 Å². The van der Waals surface area contributed by atoms with E-state index in [-0.39, 0.29) is 5.41 Å². The van der Waals surface area contributed by atoms with E-state index in [0.29, 0.717) is 6.54 Å². The lowest BCUT2D eigenvalue weighted by atomic mass is 9.72. The molecule has 1 spiro atoms. The molecule has 27 heavy (non-hydrogen) atoms. The summed E-state index contributed by atoms with van der Waals surface area (Å²) in [5, 5.41) is 4.49. The van der Waals surface area contributed by atoms with Crippen LogP contribution in [0.25, 0.3) is 0 Å². The Balaban J connectivity index is 1.68. The van der Waals surface area contributed by atoms with Crippen LogP contribution in [0.5, 0.6) is 0 Å². The number of hydrogen-bond donors (Lipinski definition) is 1. The molecule has 0 radical (unpaired) electrons. The van der Waals surface area contributed by atoms with Gasteiger partial charge in [-0.05, 0) is 66.2 Å². The van der Waals surface area contributed by atoms with Crippen molar-refractivity contribution in [3.63, 3.8) is 0 Å². The first kappa shape index (κ1) is 18.7. The van der Waals surface area contributed by atoms with E-state index in [1.807, 2.05) is 18.2 Å². The number of fused-ring (bicyclic) bond motifs is 1. The van der Waals surface area contributed by atoms with Crippen molar-refractivity contribution in [3.8, 4) is 0 Å². The van der Waals surface area contributed by atoms with Crippen LogP contribution in [0.4, 0.5) is 11.4 Å². The highest BCUT2D eigenvalue weighted by Crippen LogP contribution is 2.44. The van der Waals surface area contributed by atoms with E-state index in [1.54, 1.807) is 0 Å². The van der Waals surface area contributed by atoms with Crippen molar-refractivity contribution in [1.82, 2.24) is 0 Å². The lowest BCUT2D eigenvalue weighted by molar-refractivity contribution is 0.377. The van der Waals surface area contributed by atoms with E-state index in [9.17, 15) is 0 Å². The zero-order valence-electron chi connectivity index (χ0n) is 16.0. The summed E-state index contributed by atoms with van der Waals surface area (Å²) >= 11 is 8.21. The van der Waals surface area contributed by atoms with Gasteiger partial charge in [0.15, 0.2) is 0 Å². The Morgan fingerprint density at radius 2 is 1.96 bits per heavy atom. The van der Waals surface area contributed by atoms with Gasteiger partial charge < -0.3 is 10.2 Å². The number of amidine groups is 1. The van der Waals surface area contributed by atoms with Crippen LogP contribution in [0, 0.1) is 5.41 Å². The van der Waals surface area contributed by atoms with Crippen LogP contribution in [-0.4, -0.2) is 31.4 Å². The molecule has 0 aliphatic carbocycles. The molecule has 3 nitrogen and oxygen atoms in total. The fraction of sp³-hybridized carbons (Fsp3) is 0.409. The summed E-state index contributed by atoms with van der Waals surface area (Å²) in [7, 11) is 4.16. The molecule has 1 saturated heterocycles. The van der Waals surface area contributed by atoms with Crippen molar-refractivity contribution in [3.05, 3.63) is 58.6 Å². The molecule has 2 aromatic rings. The highest BCUT2D eigenvalue weighted by atomic mass is 35.5. The number of hydrogen-bond acceptors (Lipinski definition) is 3. The lowest BCUT2D eigenvalue weighted by Crippen LogP contribution is -2.44. The van der Waals surface area contributed by atoms with Crippen molar-refractivity contribution >= 4 is 40.6 Å². The van der Waals surface area contributed by atoms with E-state index < -0.39 is 0 Å². The van der Waals surface area contributed by atoms with Gasteiger partial charge in [-0.15, -0.1) is 0 Å². The highest BCUT2D eigenvalue weighted by molar-refractivity contribution is 7.99. The van der Waals surface area contributed by atoms with Crippen molar-refractivity contribution < 1.29 is 0 Å². The minimum Gasteiger partial charge on any atom is -0.378 e. The van der Waals surface area contributed by atoms with Gasteiger partial charge in [0, 0.05) is 35.9 Å². The Labute approximate surface area is 171 Å². The maximum atomic E-state index is 6.15. The van der Waals surface area contributed by atoms with Crippen LogP contribution in [0.15, 0.2) is 47.5 Å². The molecule has 0 atom stereocenters. The molecule has 1 N–H and O–H groups in total. The monoisotopic (exact) mass is 399 g/mol. The smallest absolute Gasteiger partial charge is 0.108 e. The number of aliphatic imine (C=N–C) groups is 1. The Morgan fingerprint density at radius 1 is 1.15 bits per heavy atom. The van der Waals surface area contributed by atoms with Gasteiger partial charge in [0.2, 0.25) is 0 Å².